The lowest BCUT2D eigenvalue weighted by molar-refractivity contribution is -0.134. The summed E-state index contributed by atoms with van der Waals surface area (Å²) in [5.74, 6) is -0.873. The van der Waals surface area contributed by atoms with Gasteiger partial charge in [-0.05, 0) is 30.7 Å². The van der Waals surface area contributed by atoms with E-state index in [2.05, 4.69) is 10.6 Å². The van der Waals surface area contributed by atoms with Crippen LogP contribution in [0.5, 0.6) is 0 Å². The molecule has 0 bridgehead atoms. The van der Waals surface area contributed by atoms with E-state index in [9.17, 15) is 14.4 Å². The number of likely N-dealkylation sites (N-methyl/N-ethyl adjacent to an activating group) is 1. The smallest absolute Gasteiger partial charge is 0.243 e. The molecule has 2 N–H and O–H groups in total. The predicted octanol–water partition coefficient (Wildman–Crippen LogP) is 3.97. The molecule has 2 rings (SSSR count). The number of anilines is 1. The highest BCUT2D eigenvalue weighted by molar-refractivity contribution is 6.42. The lowest BCUT2D eigenvalue weighted by Gasteiger charge is -2.22. The number of rotatable bonds is 7. The molecule has 0 radical (unpaired) electrons. The van der Waals surface area contributed by atoms with Gasteiger partial charge in [-0.1, -0.05) is 53.0 Å². The van der Waals surface area contributed by atoms with Crippen molar-refractivity contribution in [2.24, 2.45) is 0 Å². The maximum atomic E-state index is 12.6. The van der Waals surface area contributed by atoms with Gasteiger partial charge in [0.1, 0.15) is 0 Å². The van der Waals surface area contributed by atoms with Gasteiger partial charge in [0.2, 0.25) is 17.7 Å². The zero-order chi connectivity index (χ0) is 21.6. The van der Waals surface area contributed by atoms with Crippen LogP contribution >= 0.6 is 23.2 Å². The van der Waals surface area contributed by atoms with E-state index < -0.39 is 6.04 Å². The second kappa shape index (κ2) is 10.3. The van der Waals surface area contributed by atoms with Gasteiger partial charge in [0.15, 0.2) is 0 Å². The van der Waals surface area contributed by atoms with Gasteiger partial charge in [-0.25, -0.2) is 0 Å². The molecule has 0 aliphatic rings. The monoisotopic (exact) mass is 435 g/mol. The zero-order valence-electron chi connectivity index (χ0n) is 16.5. The molecule has 1 atom stereocenters. The quantitative estimate of drug-likeness (QED) is 0.690. The van der Waals surface area contributed by atoms with E-state index in [4.69, 9.17) is 23.2 Å². The van der Waals surface area contributed by atoms with E-state index in [1.807, 2.05) is 31.2 Å². The molecule has 0 aliphatic carbocycles. The van der Waals surface area contributed by atoms with Crippen molar-refractivity contribution in [2.75, 3.05) is 18.9 Å². The van der Waals surface area contributed by atoms with Gasteiger partial charge >= 0.3 is 0 Å². The van der Waals surface area contributed by atoms with Crippen LogP contribution in [0.3, 0.4) is 0 Å². The number of nitrogens with one attached hydrogen (secondary N) is 2. The Labute approximate surface area is 180 Å². The number of hydrogen-bond acceptors (Lipinski definition) is 3. The van der Waals surface area contributed by atoms with E-state index in [-0.39, 0.29) is 30.7 Å². The van der Waals surface area contributed by atoms with Crippen LogP contribution in [0.4, 0.5) is 5.69 Å². The lowest BCUT2D eigenvalue weighted by Crippen LogP contribution is -2.38. The Hall–Kier alpha value is -2.57. The number of aryl methyl sites for hydroxylation is 1. The predicted molar refractivity (Wildman–Crippen MR) is 115 cm³/mol. The fourth-order valence-corrected chi connectivity index (χ4v) is 3.00. The summed E-state index contributed by atoms with van der Waals surface area (Å²) in [6.45, 7) is 3.22. The molecule has 0 saturated heterocycles. The number of carbonyl (C=O) groups is 3. The first-order valence-electron chi connectivity index (χ1n) is 8.98. The summed E-state index contributed by atoms with van der Waals surface area (Å²) in [5, 5.41) is 6.18. The molecule has 2 aromatic rings. The third-order valence-electron chi connectivity index (χ3n) is 4.25. The maximum Gasteiger partial charge on any atom is 0.243 e. The summed E-state index contributed by atoms with van der Waals surface area (Å²) in [5.41, 5.74) is 2.39. The molecular weight excluding hydrogens is 413 g/mol. The largest absolute Gasteiger partial charge is 0.349 e. The first kappa shape index (κ1) is 22.7. The zero-order valence-corrected chi connectivity index (χ0v) is 18.0. The molecule has 8 heteroatoms. The van der Waals surface area contributed by atoms with Gasteiger partial charge in [0.25, 0.3) is 0 Å². The van der Waals surface area contributed by atoms with Gasteiger partial charge in [-0.3, -0.25) is 14.4 Å². The topological polar surface area (TPSA) is 78.5 Å². The maximum absolute atomic E-state index is 12.6. The van der Waals surface area contributed by atoms with Crippen molar-refractivity contribution in [3.05, 3.63) is 63.6 Å². The van der Waals surface area contributed by atoms with E-state index in [1.54, 1.807) is 12.1 Å². The molecule has 0 spiro atoms. The second-order valence-electron chi connectivity index (χ2n) is 6.79. The molecule has 1 unspecified atom stereocenters. The average molecular weight is 436 g/mol. The lowest BCUT2D eigenvalue weighted by atomic mass is 10.0. The molecule has 6 nitrogen and oxygen atoms in total. The molecular formula is C21H23Cl2N3O3. The summed E-state index contributed by atoms with van der Waals surface area (Å²) >= 11 is 11.8. The molecule has 3 amide bonds. The van der Waals surface area contributed by atoms with Gasteiger partial charge in [-0.15, -0.1) is 0 Å². The van der Waals surface area contributed by atoms with Crippen molar-refractivity contribution in [2.45, 2.75) is 26.3 Å². The van der Waals surface area contributed by atoms with Crippen LogP contribution in [-0.4, -0.2) is 36.2 Å². The molecule has 29 heavy (non-hydrogen) atoms. The Kier molecular flexibility index (Phi) is 8.05. The summed E-state index contributed by atoms with van der Waals surface area (Å²) in [7, 11) is 1.54. The average Bonchev–Trinajstić information content (AvgIpc) is 2.64. The van der Waals surface area contributed by atoms with Gasteiger partial charge < -0.3 is 15.5 Å². The van der Waals surface area contributed by atoms with Crippen molar-refractivity contribution in [1.29, 1.82) is 0 Å². The molecule has 0 heterocycles. The van der Waals surface area contributed by atoms with E-state index in [0.29, 0.717) is 15.7 Å². The Morgan fingerprint density at radius 2 is 1.69 bits per heavy atom. The summed E-state index contributed by atoms with van der Waals surface area (Å²) in [6.07, 6.45) is 0.0409. The standard InChI is InChI=1S/C21H23Cl2N3O3/c1-13-4-6-15(7-5-13)19(24-14(2)27)11-21(29)26(3)12-20(28)25-16-8-9-17(22)18(23)10-16/h4-10,19H,11-12H2,1-3H3,(H,24,27)(H,25,28). The highest BCUT2D eigenvalue weighted by Gasteiger charge is 2.21. The van der Waals surface area contributed by atoms with E-state index in [0.717, 1.165) is 11.1 Å². The van der Waals surface area contributed by atoms with Gasteiger partial charge in [-0.2, -0.15) is 0 Å². The molecule has 0 aromatic heterocycles. The molecule has 2 aromatic carbocycles. The Balaban J connectivity index is 1.99. The number of nitrogens with zero attached hydrogens (tertiary/aromatic N) is 1. The van der Waals surface area contributed by atoms with Crippen LogP contribution < -0.4 is 10.6 Å². The number of halogens is 2. The summed E-state index contributed by atoms with van der Waals surface area (Å²) in [6, 6.07) is 11.9. The Morgan fingerprint density at radius 1 is 1.03 bits per heavy atom. The van der Waals surface area contributed by atoms with Crippen LogP contribution in [-0.2, 0) is 14.4 Å². The first-order chi connectivity index (χ1) is 13.7. The van der Waals surface area contributed by atoms with Crippen LogP contribution in [0.2, 0.25) is 10.0 Å². The van der Waals surface area contributed by atoms with Crippen molar-refractivity contribution in [3.63, 3.8) is 0 Å². The highest BCUT2D eigenvalue weighted by atomic mass is 35.5. The van der Waals surface area contributed by atoms with Crippen LogP contribution in [0.1, 0.15) is 30.5 Å². The summed E-state index contributed by atoms with van der Waals surface area (Å²) < 4.78 is 0. The summed E-state index contributed by atoms with van der Waals surface area (Å²) in [4.78, 5) is 37.7. The number of benzene rings is 2. The number of amides is 3. The molecule has 154 valence electrons. The van der Waals surface area contributed by atoms with Crippen molar-refractivity contribution in [3.8, 4) is 0 Å². The normalized spacial score (nSPS) is 11.5. The minimum atomic E-state index is -0.471. The second-order valence-corrected chi connectivity index (χ2v) is 7.61. The van der Waals surface area contributed by atoms with Crippen LogP contribution in [0.15, 0.2) is 42.5 Å². The van der Waals surface area contributed by atoms with Crippen LogP contribution in [0.25, 0.3) is 0 Å². The van der Waals surface area contributed by atoms with Crippen molar-refractivity contribution < 1.29 is 14.4 Å². The van der Waals surface area contributed by atoms with Gasteiger partial charge in [0.05, 0.1) is 29.1 Å². The van der Waals surface area contributed by atoms with Crippen molar-refractivity contribution in [1.82, 2.24) is 10.2 Å². The minimum absolute atomic E-state index is 0.0409. The minimum Gasteiger partial charge on any atom is -0.349 e. The highest BCUT2D eigenvalue weighted by Crippen LogP contribution is 2.25. The molecule has 0 aliphatic heterocycles. The van der Waals surface area contributed by atoms with Crippen LogP contribution in [0, 0.1) is 6.92 Å². The molecule has 0 fully saturated rings. The van der Waals surface area contributed by atoms with E-state index >= 15 is 0 Å². The number of carbonyl (C=O) groups excluding carboxylic acids is 3. The Morgan fingerprint density at radius 3 is 2.28 bits per heavy atom. The first-order valence-corrected chi connectivity index (χ1v) is 9.74. The molecule has 0 saturated carbocycles. The third kappa shape index (κ3) is 7.07. The third-order valence-corrected chi connectivity index (χ3v) is 4.98. The fourth-order valence-electron chi connectivity index (χ4n) is 2.70. The van der Waals surface area contributed by atoms with Crippen molar-refractivity contribution >= 4 is 46.6 Å². The number of hydrogen-bond donors (Lipinski definition) is 2. The van der Waals surface area contributed by atoms with E-state index in [1.165, 1.54) is 24.9 Å². The Bertz CT molecular complexity index is 901. The fraction of sp³-hybridized carbons (Fsp3) is 0.286. The van der Waals surface area contributed by atoms with Gasteiger partial charge in [0, 0.05) is 19.7 Å². The SMILES string of the molecule is CC(=O)NC(CC(=O)N(C)CC(=O)Nc1ccc(Cl)c(Cl)c1)c1ccc(C)cc1.